The third-order valence-corrected chi connectivity index (χ3v) is 7.93. The molecule has 36 heavy (non-hydrogen) atoms. The van der Waals surface area contributed by atoms with Gasteiger partial charge in [-0.1, -0.05) is 34.6 Å². The van der Waals surface area contributed by atoms with Crippen LogP contribution < -0.4 is 10.7 Å². The highest BCUT2D eigenvalue weighted by atomic mass is 14.8. The number of nitrogens with zero attached hydrogens (tertiary/aromatic N) is 2. The second kappa shape index (κ2) is 9.57. The van der Waals surface area contributed by atoms with Gasteiger partial charge in [-0.3, -0.25) is 0 Å². The minimum Gasteiger partial charge on any atom is -0.358 e. The van der Waals surface area contributed by atoms with Gasteiger partial charge in [0.25, 0.3) is 0 Å². The number of aromatic amines is 2. The number of H-pyrrole nitrogens is 2. The van der Waals surface area contributed by atoms with Gasteiger partial charge < -0.3 is 9.97 Å². The van der Waals surface area contributed by atoms with E-state index in [1.54, 1.807) is 0 Å². The molecule has 3 aliphatic rings. The van der Waals surface area contributed by atoms with Crippen LogP contribution in [-0.4, -0.2) is 21.4 Å². The molecule has 2 aromatic heterocycles. The molecule has 4 nitrogen and oxygen atoms in total. The normalized spacial score (nSPS) is 17.1. The Morgan fingerprint density at radius 2 is 1.14 bits per heavy atom. The van der Waals surface area contributed by atoms with Gasteiger partial charge in [-0.25, -0.2) is 9.98 Å². The first kappa shape index (κ1) is 24.3. The molecule has 0 saturated carbocycles. The molecule has 8 bridgehead atoms. The Labute approximate surface area is 214 Å². The molecule has 2 aromatic rings. The second-order valence-corrected chi connectivity index (χ2v) is 9.88. The Bertz CT molecular complexity index is 1550. The van der Waals surface area contributed by atoms with Crippen molar-refractivity contribution < 1.29 is 0 Å². The largest absolute Gasteiger partial charge is 0.358 e. The number of nitrogens with one attached hydrogen (secondary N) is 2. The van der Waals surface area contributed by atoms with Crippen LogP contribution >= 0.6 is 0 Å². The summed E-state index contributed by atoms with van der Waals surface area (Å²) in [7, 11) is 0. The monoisotopic (exact) mass is 478 g/mol. The Kier molecular flexibility index (Phi) is 6.46. The summed E-state index contributed by atoms with van der Waals surface area (Å²) in [5, 5.41) is 2.35. The highest BCUT2D eigenvalue weighted by molar-refractivity contribution is 6.24. The highest BCUT2D eigenvalue weighted by Gasteiger charge is 2.22. The van der Waals surface area contributed by atoms with Crippen molar-refractivity contribution in [1.29, 1.82) is 0 Å². The lowest BCUT2D eigenvalue weighted by Gasteiger charge is -2.02. The smallest absolute Gasteiger partial charge is 0.0693 e. The molecule has 0 spiro atoms. The van der Waals surface area contributed by atoms with Gasteiger partial charge in [0.1, 0.15) is 0 Å². The van der Waals surface area contributed by atoms with E-state index in [9.17, 15) is 0 Å². The first-order valence-corrected chi connectivity index (χ1v) is 13.6. The lowest BCUT2D eigenvalue weighted by atomic mass is 10.0. The zero-order valence-corrected chi connectivity index (χ0v) is 22.8. The SMILES string of the molecule is CCC1=C(C)C2=Cc3cc(c(CC)[nH]3)C=C3N=C(C=c4[nH]c(c(CC)c4CC)=CC1=N2)C(CC)=C3C. The molecule has 0 fully saturated rings. The minimum absolute atomic E-state index is 0.941. The maximum atomic E-state index is 5.16. The third kappa shape index (κ3) is 3.93. The molecule has 0 amide bonds. The molecular formula is C32H38N4. The number of aromatic nitrogens is 2. The predicted molar refractivity (Wildman–Crippen MR) is 155 cm³/mol. The summed E-state index contributed by atoms with van der Waals surface area (Å²) in [6.45, 7) is 15.6. The summed E-state index contributed by atoms with van der Waals surface area (Å²) in [5.74, 6) is 0. The maximum absolute atomic E-state index is 5.16. The summed E-state index contributed by atoms with van der Waals surface area (Å²) in [5.41, 5.74) is 15.8. The number of rotatable bonds is 5. The van der Waals surface area contributed by atoms with E-state index in [0.29, 0.717) is 0 Å². The molecule has 0 aromatic carbocycles. The van der Waals surface area contributed by atoms with Crippen molar-refractivity contribution in [2.45, 2.75) is 80.6 Å². The van der Waals surface area contributed by atoms with Gasteiger partial charge in [0.05, 0.1) is 22.8 Å². The van der Waals surface area contributed by atoms with Gasteiger partial charge in [-0.15, -0.1) is 0 Å². The van der Waals surface area contributed by atoms with Crippen LogP contribution in [-0.2, 0) is 19.3 Å². The second-order valence-electron chi connectivity index (χ2n) is 9.88. The fourth-order valence-corrected chi connectivity index (χ4v) is 5.95. The Balaban J connectivity index is 1.87. The predicted octanol–water partition coefficient (Wildman–Crippen LogP) is 6.35. The van der Waals surface area contributed by atoms with Crippen LogP contribution in [0.3, 0.4) is 0 Å². The fourth-order valence-electron chi connectivity index (χ4n) is 5.95. The first-order chi connectivity index (χ1) is 17.4. The van der Waals surface area contributed by atoms with E-state index >= 15 is 0 Å². The standard InChI is InChI=1S/C32H38N4/c1-8-22-18(6)27-14-20-13-21(33-26(20)12-5)15-28-19(7)23(9-2)30(35-28)17-32-25(11-4)24(10-3)31(36-32)16-29(22)34-27/h13-17,33,36H,8-12H2,1-7H3. The molecule has 0 atom stereocenters. The van der Waals surface area contributed by atoms with Gasteiger partial charge >= 0.3 is 0 Å². The van der Waals surface area contributed by atoms with Gasteiger partial charge in [-0.2, -0.15) is 0 Å². The minimum atomic E-state index is 0.941. The van der Waals surface area contributed by atoms with E-state index in [1.165, 1.54) is 55.4 Å². The Hall–Kier alpha value is -3.40. The average Bonchev–Trinajstić information content (AvgIpc) is 3.57. The summed E-state index contributed by atoms with van der Waals surface area (Å²) < 4.78 is 0. The molecular weight excluding hydrogens is 440 g/mol. The van der Waals surface area contributed by atoms with Crippen LogP contribution in [0, 0.1) is 0 Å². The van der Waals surface area contributed by atoms with Crippen molar-refractivity contribution in [3.63, 3.8) is 0 Å². The number of hydrogen-bond donors (Lipinski definition) is 2. The summed E-state index contributed by atoms with van der Waals surface area (Å²) in [6, 6.07) is 2.25. The third-order valence-electron chi connectivity index (χ3n) is 7.93. The highest BCUT2D eigenvalue weighted by Crippen LogP contribution is 2.32. The number of aryl methyl sites for hydroxylation is 1. The number of allylic oxidation sites excluding steroid dienone is 4. The molecule has 5 heterocycles. The van der Waals surface area contributed by atoms with Crippen LogP contribution in [0.25, 0.3) is 24.3 Å². The zero-order valence-electron chi connectivity index (χ0n) is 22.8. The summed E-state index contributed by atoms with van der Waals surface area (Å²) >= 11 is 0. The van der Waals surface area contributed by atoms with Crippen molar-refractivity contribution in [3.05, 3.63) is 78.5 Å². The van der Waals surface area contributed by atoms with Crippen molar-refractivity contribution in [2.24, 2.45) is 9.98 Å². The molecule has 186 valence electrons. The Morgan fingerprint density at radius 3 is 1.61 bits per heavy atom. The quantitative estimate of drug-likeness (QED) is 0.503. The van der Waals surface area contributed by atoms with Gasteiger partial charge in [-0.05, 0) is 115 Å². The van der Waals surface area contributed by atoms with Crippen LogP contribution in [0.2, 0.25) is 0 Å². The molecule has 0 unspecified atom stereocenters. The first-order valence-electron chi connectivity index (χ1n) is 13.6. The lowest BCUT2D eigenvalue weighted by Crippen LogP contribution is -2.16. The van der Waals surface area contributed by atoms with Gasteiger partial charge in [0.2, 0.25) is 0 Å². The van der Waals surface area contributed by atoms with Crippen LogP contribution in [0.15, 0.2) is 49.7 Å². The van der Waals surface area contributed by atoms with Crippen molar-refractivity contribution >= 4 is 35.7 Å². The maximum Gasteiger partial charge on any atom is 0.0693 e. The average molecular weight is 479 g/mol. The van der Waals surface area contributed by atoms with E-state index in [-0.39, 0.29) is 0 Å². The van der Waals surface area contributed by atoms with Crippen molar-refractivity contribution in [2.75, 3.05) is 0 Å². The molecule has 0 radical (unpaired) electrons. The topological polar surface area (TPSA) is 56.3 Å². The summed E-state index contributed by atoms with van der Waals surface area (Å²) in [4.78, 5) is 17.7. The molecule has 0 saturated heterocycles. The van der Waals surface area contributed by atoms with Gasteiger partial charge in [0.15, 0.2) is 0 Å². The fraction of sp³-hybridized carbons (Fsp3) is 0.375. The van der Waals surface area contributed by atoms with Crippen LogP contribution in [0.1, 0.15) is 89.4 Å². The summed E-state index contributed by atoms with van der Waals surface area (Å²) in [6.07, 6.45) is 13.8. The molecule has 2 N–H and O–H groups in total. The van der Waals surface area contributed by atoms with E-state index in [2.05, 4.69) is 88.8 Å². The number of hydrogen-bond acceptors (Lipinski definition) is 2. The van der Waals surface area contributed by atoms with Crippen LogP contribution in [0.4, 0.5) is 0 Å². The van der Waals surface area contributed by atoms with E-state index in [1.807, 2.05) is 0 Å². The van der Waals surface area contributed by atoms with E-state index in [4.69, 9.17) is 9.98 Å². The lowest BCUT2D eigenvalue weighted by molar-refractivity contribution is 1.04. The van der Waals surface area contributed by atoms with Gasteiger partial charge in [0, 0.05) is 22.1 Å². The molecule has 4 heteroatoms. The van der Waals surface area contributed by atoms with E-state index in [0.717, 1.165) is 60.6 Å². The molecule has 0 aliphatic carbocycles. The number of fused-ring (bicyclic) bond motifs is 6. The zero-order chi connectivity index (χ0) is 25.6. The number of aliphatic imine (C=N–C) groups is 2. The molecule has 5 rings (SSSR count). The van der Waals surface area contributed by atoms with Crippen LogP contribution in [0.5, 0.6) is 0 Å². The van der Waals surface area contributed by atoms with E-state index < -0.39 is 0 Å². The molecule has 3 aliphatic heterocycles. The van der Waals surface area contributed by atoms with Crippen molar-refractivity contribution in [1.82, 2.24) is 9.97 Å². The Morgan fingerprint density at radius 1 is 0.611 bits per heavy atom. The van der Waals surface area contributed by atoms with Crippen molar-refractivity contribution in [3.8, 4) is 0 Å².